The highest BCUT2D eigenvalue weighted by Crippen LogP contribution is 2.42. The number of hydroxylamine groups is 1. The lowest BCUT2D eigenvalue weighted by molar-refractivity contribution is -0.0821. The zero-order valence-corrected chi connectivity index (χ0v) is 15.0. The number of ether oxygens (including phenoxy) is 2. The monoisotopic (exact) mass is 349 g/mol. The van der Waals surface area contributed by atoms with Crippen molar-refractivity contribution in [2.45, 2.75) is 43.8 Å². The van der Waals surface area contributed by atoms with E-state index in [1.807, 2.05) is 6.07 Å². The van der Waals surface area contributed by atoms with Crippen LogP contribution in [0.15, 0.2) is 48.5 Å². The molecular formula is C22H23NO3. The first-order valence-corrected chi connectivity index (χ1v) is 9.33. The molecule has 2 aromatic carbocycles. The van der Waals surface area contributed by atoms with Gasteiger partial charge < -0.3 is 9.47 Å². The van der Waals surface area contributed by atoms with Crippen molar-refractivity contribution in [2.75, 3.05) is 7.11 Å². The van der Waals surface area contributed by atoms with Crippen LogP contribution in [0.5, 0.6) is 11.5 Å². The number of fused-ring (bicyclic) bond motifs is 1. The molecule has 26 heavy (non-hydrogen) atoms. The minimum absolute atomic E-state index is 0.0939. The van der Waals surface area contributed by atoms with E-state index in [0.717, 1.165) is 48.4 Å². The summed E-state index contributed by atoms with van der Waals surface area (Å²) >= 11 is 0. The second-order valence-corrected chi connectivity index (χ2v) is 7.46. The molecular weight excluding hydrogens is 326 g/mol. The minimum Gasteiger partial charge on any atom is -0.493 e. The van der Waals surface area contributed by atoms with Crippen molar-refractivity contribution in [3.63, 3.8) is 0 Å². The van der Waals surface area contributed by atoms with Crippen molar-refractivity contribution in [1.29, 1.82) is 0 Å². The Balaban J connectivity index is 1.39. The number of hydrogen-bond donors (Lipinski definition) is 1. The van der Waals surface area contributed by atoms with Crippen LogP contribution in [0.2, 0.25) is 0 Å². The molecule has 0 radical (unpaired) electrons. The molecule has 1 fully saturated rings. The van der Waals surface area contributed by atoms with Crippen molar-refractivity contribution in [1.82, 2.24) is 5.48 Å². The van der Waals surface area contributed by atoms with Crippen LogP contribution in [0.3, 0.4) is 0 Å². The summed E-state index contributed by atoms with van der Waals surface area (Å²) in [4.78, 5) is 5.80. The van der Waals surface area contributed by atoms with E-state index in [4.69, 9.17) is 14.3 Å². The molecule has 2 aromatic rings. The first kappa shape index (κ1) is 15.8. The molecule has 4 heteroatoms. The lowest BCUT2D eigenvalue weighted by Crippen LogP contribution is -2.36. The van der Waals surface area contributed by atoms with E-state index in [0.29, 0.717) is 0 Å². The van der Waals surface area contributed by atoms with Gasteiger partial charge in [0.1, 0.15) is 11.7 Å². The predicted molar refractivity (Wildman–Crippen MR) is 100 cm³/mol. The Hall–Kier alpha value is -2.46. The zero-order chi connectivity index (χ0) is 17.6. The average molecular weight is 349 g/mol. The Bertz CT molecular complexity index is 844. The molecule has 2 aliphatic carbocycles. The van der Waals surface area contributed by atoms with Gasteiger partial charge in [-0.2, -0.15) is 0 Å². The van der Waals surface area contributed by atoms with Gasteiger partial charge in [-0.1, -0.05) is 24.3 Å². The number of methoxy groups -OCH3 is 1. The van der Waals surface area contributed by atoms with Crippen LogP contribution in [0.1, 0.15) is 36.0 Å². The van der Waals surface area contributed by atoms with Gasteiger partial charge in [-0.3, -0.25) is 10.3 Å². The summed E-state index contributed by atoms with van der Waals surface area (Å²) in [6.45, 7) is 0. The lowest BCUT2D eigenvalue weighted by atomic mass is 9.80. The number of benzene rings is 2. The standard InChI is InChI=1S/C22H23NO3/c1-24-20-8-7-17(19-14-22(26-23-19)9-4-10-22)13-21(20)25-18-11-15-5-2-3-6-16(15)12-18/h2-3,5-8,13-14,18,23H,4,9-12H2,1H3. The van der Waals surface area contributed by atoms with Gasteiger partial charge in [-0.15, -0.1) is 0 Å². The fraction of sp³-hybridized carbons (Fsp3) is 0.364. The molecule has 1 aliphatic heterocycles. The van der Waals surface area contributed by atoms with Gasteiger partial charge in [0.2, 0.25) is 0 Å². The quantitative estimate of drug-likeness (QED) is 0.904. The van der Waals surface area contributed by atoms with Gasteiger partial charge in [0.05, 0.1) is 12.8 Å². The molecule has 0 saturated heterocycles. The fourth-order valence-corrected chi connectivity index (χ4v) is 4.11. The van der Waals surface area contributed by atoms with Crippen molar-refractivity contribution < 1.29 is 14.3 Å². The summed E-state index contributed by atoms with van der Waals surface area (Å²) in [6.07, 6.45) is 7.65. The third kappa shape index (κ3) is 2.65. The summed E-state index contributed by atoms with van der Waals surface area (Å²) in [7, 11) is 1.69. The summed E-state index contributed by atoms with van der Waals surface area (Å²) in [5.74, 6) is 1.56. The second-order valence-electron chi connectivity index (χ2n) is 7.46. The van der Waals surface area contributed by atoms with E-state index in [9.17, 15) is 0 Å². The topological polar surface area (TPSA) is 39.7 Å². The maximum atomic E-state index is 6.35. The molecule has 0 amide bonds. The molecule has 1 heterocycles. The molecule has 5 rings (SSSR count). The first-order valence-electron chi connectivity index (χ1n) is 9.33. The van der Waals surface area contributed by atoms with Crippen molar-refractivity contribution in [3.05, 3.63) is 65.2 Å². The molecule has 4 nitrogen and oxygen atoms in total. The first-order chi connectivity index (χ1) is 12.7. The van der Waals surface area contributed by atoms with E-state index in [1.54, 1.807) is 7.11 Å². The maximum absolute atomic E-state index is 6.35. The molecule has 0 unspecified atom stereocenters. The van der Waals surface area contributed by atoms with Crippen LogP contribution < -0.4 is 15.0 Å². The molecule has 1 spiro atoms. The summed E-state index contributed by atoms with van der Waals surface area (Å²) in [5.41, 5.74) is 7.86. The highest BCUT2D eigenvalue weighted by molar-refractivity contribution is 5.68. The molecule has 3 aliphatic rings. The molecule has 1 N–H and O–H groups in total. The smallest absolute Gasteiger partial charge is 0.162 e. The zero-order valence-electron chi connectivity index (χ0n) is 15.0. The SMILES string of the molecule is COc1ccc(C2=CC3(CCC3)ON2)cc1OC1Cc2ccccc2C1. The van der Waals surface area contributed by atoms with E-state index < -0.39 is 0 Å². The predicted octanol–water partition coefficient (Wildman–Crippen LogP) is 4.04. The van der Waals surface area contributed by atoms with Gasteiger partial charge in [0, 0.05) is 18.4 Å². The van der Waals surface area contributed by atoms with Crippen molar-refractivity contribution in [2.24, 2.45) is 0 Å². The van der Waals surface area contributed by atoms with Gasteiger partial charge in [-0.25, -0.2) is 0 Å². The minimum atomic E-state index is -0.0939. The number of nitrogens with one attached hydrogen (secondary N) is 1. The number of hydrogen-bond acceptors (Lipinski definition) is 4. The van der Waals surface area contributed by atoms with Gasteiger partial charge in [0.15, 0.2) is 11.5 Å². The normalized spacial score (nSPS) is 20.3. The van der Waals surface area contributed by atoms with Gasteiger partial charge in [-0.05, 0) is 54.7 Å². The van der Waals surface area contributed by atoms with E-state index in [-0.39, 0.29) is 11.7 Å². The number of rotatable bonds is 4. The van der Waals surface area contributed by atoms with E-state index in [2.05, 4.69) is 48.0 Å². The second kappa shape index (κ2) is 6.06. The summed E-state index contributed by atoms with van der Waals surface area (Å²) in [6, 6.07) is 14.6. The van der Waals surface area contributed by atoms with Crippen LogP contribution in [0, 0.1) is 0 Å². The van der Waals surface area contributed by atoms with Crippen LogP contribution in [0.4, 0.5) is 0 Å². The Labute approximate surface area is 153 Å². The molecule has 0 aromatic heterocycles. The third-order valence-corrected chi connectivity index (χ3v) is 5.75. The van der Waals surface area contributed by atoms with Crippen LogP contribution >= 0.6 is 0 Å². The van der Waals surface area contributed by atoms with E-state index >= 15 is 0 Å². The summed E-state index contributed by atoms with van der Waals surface area (Å²) in [5, 5.41) is 0. The van der Waals surface area contributed by atoms with Crippen LogP contribution in [-0.2, 0) is 17.7 Å². The van der Waals surface area contributed by atoms with Crippen LogP contribution in [0.25, 0.3) is 5.70 Å². The Kier molecular flexibility index (Phi) is 3.68. The average Bonchev–Trinajstić information content (AvgIpc) is 3.25. The fourth-order valence-electron chi connectivity index (χ4n) is 4.11. The molecule has 0 bridgehead atoms. The third-order valence-electron chi connectivity index (χ3n) is 5.75. The van der Waals surface area contributed by atoms with Gasteiger partial charge in [0.25, 0.3) is 0 Å². The Morgan fingerprint density at radius 2 is 1.81 bits per heavy atom. The Morgan fingerprint density at radius 1 is 1.04 bits per heavy atom. The highest BCUT2D eigenvalue weighted by Gasteiger charge is 2.41. The molecule has 0 atom stereocenters. The van der Waals surface area contributed by atoms with Crippen molar-refractivity contribution >= 4 is 5.70 Å². The van der Waals surface area contributed by atoms with Crippen molar-refractivity contribution in [3.8, 4) is 11.5 Å². The lowest BCUT2D eigenvalue weighted by Gasteiger charge is -2.33. The summed E-state index contributed by atoms with van der Waals surface area (Å²) < 4.78 is 11.9. The van der Waals surface area contributed by atoms with Gasteiger partial charge >= 0.3 is 0 Å². The highest BCUT2D eigenvalue weighted by atomic mass is 16.7. The molecule has 134 valence electrons. The van der Waals surface area contributed by atoms with E-state index in [1.165, 1.54) is 17.5 Å². The molecule has 1 saturated carbocycles. The maximum Gasteiger partial charge on any atom is 0.162 e. The van der Waals surface area contributed by atoms with Crippen LogP contribution in [-0.4, -0.2) is 18.8 Å². The Morgan fingerprint density at radius 3 is 2.42 bits per heavy atom. The largest absolute Gasteiger partial charge is 0.493 e.